The molecule has 4 saturated heterocycles. The summed E-state index contributed by atoms with van der Waals surface area (Å²) in [7, 11) is 1.25. The number of primary amides is 1. The number of anilines is 1. The van der Waals surface area contributed by atoms with Crippen LogP contribution in [0.15, 0.2) is 16.4 Å². The molecular formula is C21H26N8O6S2. The summed E-state index contributed by atoms with van der Waals surface area (Å²) in [6.07, 6.45) is 2.02. The highest BCUT2D eigenvalue weighted by atomic mass is 32.2. The van der Waals surface area contributed by atoms with E-state index in [1.54, 1.807) is 0 Å². The number of carboxylic acids is 1. The van der Waals surface area contributed by atoms with Crippen LogP contribution < -0.4 is 21.9 Å². The molecule has 0 spiro atoms. The summed E-state index contributed by atoms with van der Waals surface area (Å²) in [4.78, 5) is 60.0. The number of amides is 3. The van der Waals surface area contributed by atoms with Crippen LogP contribution in [0.1, 0.15) is 25.1 Å². The number of nitrogens with one attached hydrogen (secondary N) is 1. The highest BCUT2D eigenvalue weighted by molar-refractivity contribution is 8.00. The third kappa shape index (κ3) is 4.21. The number of carbonyl (C=O) groups is 4. The number of nitrogen functional groups attached to an aromatic ring is 1. The zero-order valence-electron chi connectivity index (χ0n) is 20.0. The number of hydrogen-bond donors (Lipinski definition) is 3. The topological polar surface area (TPSA) is 206 Å². The Hall–Kier alpha value is -3.24. The van der Waals surface area contributed by atoms with Gasteiger partial charge in [0.1, 0.15) is 25.1 Å². The molecule has 2 bridgehead atoms. The number of quaternary nitrogens is 1. The van der Waals surface area contributed by atoms with Crippen molar-refractivity contribution in [2.45, 2.75) is 30.7 Å². The molecule has 0 aromatic carbocycles. The van der Waals surface area contributed by atoms with Crippen LogP contribution in [0.25, 0.3) is 0 Å². The van der Waals surface area contributed by atoms with Gasteiger partial charge in [0, 0.05) is 42.1 Å². The number of rotatable bonds is 8. The smallest absolute Gasteiger partial charge is 0.278 e. The number of nitrogens with zero attached hydrogens (tertiary/aromatic N) is 5. The van der Waals surface area contributed by atoms with Crippen LogP contribution >= 0.6 is 23.3 Å². The van der Waals surface area contributed by atoms with Crippen molar-refractivity contribution in [3.63, 3.8) is 0 Å². The van der Waals surface area contributed by atoms with E-state index in [2.05, 4.69) is 19.8 Å². The summed E-state index contributed by atoms with van der Waals surface area (Å²) in [5.74, 6) is -2.68. The number of carbonyl (C=O) groups excluding carboxylic acids is 4. The normalized spacial score (nSPS) is 31.0. The van der Waals surface area contributed by atoms with Crippen LogP contribution in [0, 0.1) is 5.41 Å². The van der Waals surface area contributed by atoms with Crippen molar-refractivity contribution in [2.24, 2.45) is 16.3 Å². The van der Waals surface area contributed by atoms with E-state index in [4.69, 9.17) is 16.3 Å². The second kappa shape index (κ2) is 9.25. The van der Waals surface area contributed by atoms with Gasteiger partial charge in [-0.25, -0.2) is 0 Å². The standard InChI is InChI=1S/C21H26N8O6S2/c1-35-26-11(14-25-20(23)37-27-14)15(30)24-12-16(31)28-13(18(32)33)10(9-36-17(12)28)8-29-5-2-21(3-6-29,4-7-29)19(22)34/h12,17H,2-9H2,1H3,(H5-,22,23,24,25,27,30,32,33,34)/b26-11+/t12-,17-,21?,29?/m1/s1. The average molecular weight is 551 g/mol. The summed E-state index contributed by atoms with van der Waals surface area (Å²) < 4.78 is 4.61. The maximum atomic E-state index is 13.1. The molecule has 2 atom stereocenters. The van der Waals surface area contributed by atoms with Crippen LogP contribution in [0.2, 0.25) is 0 Å². The first-order chi connectivity index (χ1) is 17.6. The molecule has 0 saturated carbocycles. The molecule has 5 N–H and O–H groups in total. The second-order valence-electron chi connectivity index (χ2n) is 9.74. The molecule has 6 rings (SSSR count). The molecular weight excluding hydrogens is 524 g/mol. The fraction of sp³-hybridized carbons (Fsp3) is 0.571. The molecule has 5 aliphatic heterocycles. The lowest BCUT2D eigenvalue weighted by Crippen LogP contribution is -2.72. The third-order valence-corrected chi connectivity index (χ3v) is 9.70. The van der Waals surface area contributed by atoms with Crippen molar-refractivity contribution in [1.82, 2.24) is 19.6 Å². The van der Waals surface area contributed by atoms with E-state index in [1.165, 1.54) is 23.8 Å². The van der Waals surface area contributed by atoms with Crippen LogP contribution in [-0.2, 0) is 24.0 Å². The van der Waals surface area contributed by atoms with Gasteiger partial charge in [0.25, 0.3) is 11.8 Å². The summed E-state index contributed by atoms with van der Waals surface area (Å²) in [5.41, 5.74) is 11.0. The molecule has 5 aliphatic rings. The predicted octanol–water partition coefficient (Wildman–Crippen LogP) is -2.64. The Bertz CT molecular complexity index is 1220. The van der Waals surface area contributed by atoms with Gasteiger partial charge in [0.15, 0.2) is 5.13 Å². The molecule has 6 heterocycles. The summed E-state index contributed by atoms with van der Waals surface area (Å²) >= 11 is 2.25. The number of oxime groups is 1. The van der Waals surface area contributed by atoms with Crippen LogP contribution in [0.4, 0.5) is 5.13 Å². The third-order valence-electron chi connectivity index (χ3n) is 7.82. The first-order valence-corrected chi connectivity index (χ1v) is 13.5. The minimum Gasteiger partial charge on any atom is -0.543 e. The van der Waals surface area contributed by atoms with Gasteiger partial charge >= 0.3 is 0 Å². The highest BCUT2D eigenvalue weighted by Crippen LogP contribution is 2.46. The number of aromatic nitrogens is 2. The van der Waals surface area contributed by atoms with Crippen molar-refractivity contribution in [3.8, 4) is 0 Å². The molecule has 1 aromatic rings. The SMILES string of the molecule is CO/N=C(/C(=O)N[C@@H]1C(=O)N2C(C(=O)[O-])=C(C[N+]34CCC(C(N)=O)(CC3)CC4)CS[C@H]12)c1nsc(N)n1. The molecule has 198 valence electrons. The lowest BCUT2D eigenvalue weighted by atomic mass is 9.70. The number of thioether (sulfide) groups is 1. The maximum Gasteiger partial charge on any atom is 0.278 e. The van der Waals surface area contributed by atoms with Gasteiger partial charge in [-0.2, -0.15) is 9.36 Å². The Morgan fingerprint density at radius 1 is 1.30 bits per heavy atom. The molecule has 0 radical (unpaired) electrons. The quantitative estimate of drug-likeness (QED) is 0.133. The maximum absolute atomic E-state index is 13.1. The van der Waals surface area contributed by atoms with Crippen LogP contribution in [0.5, 0.6) is 0 Å². The Morgan fingerprint density at radius 2 is 1.97 bits per heavy atom. The first kappa shape index (κ1) is 25.4. The molecule has 14 nitrogen and oxygen atoms in total. The van der Waals surface area contributed by atoms with Gasteiger partial charge in [-0.1, -0.05) is 5.16 Å². The fourth-order valence-electron chi connectivity index (χ4n) is 5.68. The van der Waals surface area contributed by atoms with Crippen molar-refractivity contribution in [2.75, 3.05) is 44.8 Å². The van der Waals surface area contributed by atoms with E-state index in [0.29, 0.717) is 41.6 Å². The number of piperidine rings is 3. The fourth-order valence-corrected chi connectivity index (χ4v) is 7.45. The zero-order valence-corrected chi connectivity index (χ0v) is 21.6. The summed E-state index contributed by atoms with van der Waals surface area (Å²) in [6.45, 7) is 2.64. The molecule has 0 unspecified atom stereocenters. The van der Waals surface area contributed by atoms with E-state index in [1.807, 2.05) is 0 Å². The van der Waals surface area contributed by atoms with E-state index < -0.39 is 34.6 Å². The van der Waals surface area contributed by atoms with Crippen molar-refractivity contribution in [1.29, 1.82) is 0 Å². The lowest BCUT2D eigenvalue weighted by Gasteiger charge is -2.55. The van der Waals surface area contributed by atoms with Gasteiger partial charge in [-0.3, -0.25) is 19.3 Å². The molecule has 16 heteroatoms. The highest BCUT2D eigenvalue weighted by Gasteiger charge is 2.56. The number of hydrogen-bond acceptors (Lipinski definition) is 12. The molecule has 0 aliphatic carbocycles. The van der Waals surface area contributed by atoms with Crippen molar-refractivity contribution < 1.29 is 33.6 Å². The summed E-state index contributed by atoms with van der Waals surface area (Å²) in [6, 6.07) is -0.973. The lowest BCUT2D eigenvalue weighted by molar-refractivity contribution is -0.940. The Morgan fingerprint density at radius 3 is 2.51 bits per heavy atom. The molecule has 37 heavy (non-hydrogen) atoms. The number of carboxylic acid groups (broad SMARTS) is 1. The number of aliphatic carboxylic acids is 1. The Labute approximate surface area is 219 Å². The Balaban J connectivity index is 1.32. The predicted molar refractivity (Wildman–Crippen MR) is 130 cm³/mol. The van der Waals surface area contributed by atoms with Crippen molar-refractivity contribution >= 4 is 57.8 Å². The second-order valence-corrected chi connectivity index (χ2v) is 11.6. The van der Waals surface area contributed by atoms with E-state index in [9.17, 15) is 24.3 Å². The Kier molecular flexibility index (Phi) is 6.35. The molecule has 1 aromatic heterocycles. The van der Waals surface area contributed by atoms with Gasteiger partial charge in [-0.15, -0.1) is 11.8 Å². The van der Waals surface area contributed by atoms with Crippen molar-refractivity contribution in [3.05, 3.63) is 17.1 Å². The van der Waals surface area contributed by atoms with E-state index in [0.717, 1.165) is 31.2 Å². The monoisotopic (exact) mass is 550 g/mol. The zero-order chi connectivity index (χ0) is 26.5. The minimum absolute atomic E-state index is 0.0447. The minimum atomic E-state index is -1.43. The average Bonchev–Trinajstić information content (AvgIpc) is 3.31. The molecule has 3 amide bonds. The van der Waals surface area contributed by atoms with Gasteiger partial charge in [0.05, 0.1) is 36.7 Å². The number of nitrogens with two attached hydrogens (primary N) is 2. The van der Waals surface area contributed by atoms with Gasteiger partial charge in [-0.05, 0) is 0 Å². The first-order valence-electron chi connectivity index (χ1n) is 11.6. The van der Waals surface area contributed by atoms with Crippen LogP contribution in [-0.4, -0.2) is 98.6 Å². The van der Waals surface area contributed by atoms with Gasteiger partial charge < -0.3 is 36.0 Å². The largest absolute Gasteiger partial charge is 0.543 e. The summed E-state index contributed by atoms with van der Waals surface area (Å²) in [5, 5.41) is 18.0. The van der Waals surface area contributed by atoms with Gasteiger partial charge in [0.2, 0.25) is 17.4 Å². The number of fused-ring (bicyclic) bond motifs is 4. The molecule has 4 fully saturated rings. The van der Waals surface area contributed by atoms with E-state index >= 15 is 0 Å². The number of β-lactam (4-membered cyclic amide) rings is 1. The van der Waals surface area contributed by atoms with Crippen LogP contribution in [0.3, 0.4) is 0 Å². The van der Waals surface area contributed by atoms with E-state index in [-0.39, 0.29) is 28.3 Å².